The minimum atomic E-state index is 0.593. The van der Waals surface area contributed by atoms with E-state index >= 15 is 0 Å². The minimum Gasteiger partial charge on any atom is -0.379 e. The Balaban J connectivity index is 1.81. The van der Waals surface area contributed by atoms with Gasteiger partial charge in [0.05, 0.1) is 31.4 Å². The van der Waals surface area contributed by atoms with Gasteiger partial charge in [-0.25, -0.2) is 9.98 Å². The number of ether oxygens (including phenoxy) is 2. The number of aromatic nitrogens is 1. The topological polar surface area (TPSA) is 67.8 Å². The number of aryl methyl sites for hydroxylation is 1. The summed E-state index contributed by atoms with van der Waals surface area (Å²) in [6.07, 6.45) is 2.82. The maximum absolute atomic E-state index is 5.65. The molecular formula is C21H32N4O2S. The predicted octanol–water partition coefficient (Wildman–Crippen LogP) is 3.30. The first-order valence-corrected chi connectivity index (χ1v) is 10.7. The SMILES string of the molecule is CCNC(=NCc1cccc(COCCOCC)c1)NCCc1ncc(C)s1. The molecule has 154 valence electrons. The molecule has 0 aliphatic heterocycles. The zero-order valence-corrected chi connectivity index (χ0v) is 18.0. The first-order chi connectivity index (χ1) is 13.7. The molecule has 28 heavy (non-hydrogen) atoms. The van der Waals surface area contributed by atoms with Crippen LogP contribution < -0.4 is 10.6 Å². The van der Waals surface area contributed by atoms with Gasteiger partial charge in [-0.3, -0.25) is 0 Å². The fourth-order valence-corrected chi connectivity index (χ4v) is 3.37. The van der Waals surface area contributed by atoms with Gasteiger partial charge < -0.3 is 20.1 Å². The van der Waals surface area contributed by atoms with Crippen molar-refractivity contribution in [3.8, 4) is 0 Å². The highest BCUT2D eigenvalue weighted by atomic mass is 32.1. The fraction of sp³-hybridized carbons (Fsp3) is 0.524. The Morgan fingerprint density at radius 3 is 2.71 bits per heavy atom. The van der Waals surface area contributed by atoms with Crippen LogP contribution in [-0.2, 0) is 29.0 Å². The molecule has 2 rings (SSSR count). The minimum absolute atomic E-state index is 0.593. The maximum Gasteiger partial charge on any atom is 0.191 e. The van der Waals surface area contributed by atoms with Crippen molar-refractivity contribution >= 4 is 17.3 Å². The van der Waals surface area contributed by atoms with Gasteiger partial charge in [-0.15, -0.1) is 11.3 Å². The summed E-state index contributed by atoms with van der Waals surface area (Å²) in [5.41, 5.74) is 2.32. The number of rotatable bonds is 12. The van der Waals surface area contributed by atoms with E-state index in [4.69, 9.17) is 14.5 Å². The molecule has 1 aromatic carbocycles. The second-order valence-corrected chi connectivity index (χ2v) is 7.63. The van der Waals surface area contributed by atoms with Gasteiger partial charge in [0.15, 0.2) is 5.96 Å². The zero-order chi connectivity index (χ0) is 20.0. The van der Waals surface area contributed by atoms with Crippen LogP contribution >= 0.6 is 11.3 Å². The summed E-state index contributed by atoms with van der Waals surface area (Å²) < 4.78 is 10.9. The molecule has 0 aliphatic rings. The highest BCUT2D eigenvalue weighted by Gasteiger charge is 2.02. The average Bonchev–Trinajstić information content (AvgIpc) is 3.11. The third kappa shape index (κ3) is 8.82. The van der Waals surface area contributed by atoms with Crippen molar-refractivity contribution in [3.05, 3.63) is 51.5 Å². The molecule has 0 saturated carbocycles. The van der Waals surface area contributed by atoms with Gasteiger partial charge in [-0.05, 0) is 31.9 Å². The second-order valence-electron chi connectivity index (χ2n) is 6.31. The van der Waals surface area contributed by atoms with Crippen molar-refractivity contribution in [1.29, 1.82) is 0 Å². The van der Waals surface area contributed by atoms with Crippen molar-refractivity contribution < 1.29 is 9.47 Å². The zero-order valence-electron chi connectivity index (χ0n) is 17.2. The highest BCUT2D eigenvalue weighted by Crippen LogP contribution is 2.11. The van der Waals surface area contributed by atoms with Gasteiger partial charge in [-0.2, -0.15) is 0 Å². The van der Waals surface area contributed by atoms with Crippen LogP contribution in [0.15, 0.2) is 35.5 Å². The second kappa shape index (κ2) is 13.3. The van der Waals surface area contributed by atoms with E-state index in [2.05, 4.69) is 53.7 Å². The number of thiazole rings is 1. The van der Waals surface area contributed by atoms with Gasteiger partial charge in [0.1, 0.15) is 0 Å². The van der Waals surface area contributed by atoms with Crippen LogP contribution in [0.4, 0.5) is 0 Å². The maximum atomic E-state index is 5.65. The quantitative estimate of drug-likeness (QED) is 0.323. The Hall–Kier alpha value is -1.96. The summed E-state index contributed by atoms with van der Waals surface area (Å²) in [4.78, 5) is 10.3. The molecule has 0 radical (unpaired) electrons. The van der Waals surface area contributed by atoms with Crippen LogP contribution in [0.1, 0.15) is 34.9 Å². The van der Waals surface area contributed by atoms with E-state index in [1.165, 1.54) is 10.4 Å². The summed E-state index contributed by atoms with van der Waals surface area (Å²) in [5.74, 6) is 0.828. The summed E-state index contributed by atoms with van der Waals surface area (Å²) in [5, 5.41) is 7.83. The third-order valence-electron chi connectivity index (χ3n) is 3.90. The van der Waals surface area contributed by atoms with Crippen LogP contribution in [0.2, 0.25) is 0 Å². The lowest BCUT2D eigenvalue weighted by Crippen LogP contribution is -2.38. The molecule has 0 spiro atoms. The van der Waals surface area contributed by atoms with E-state index in [0.717, 1.165) is 42.6 Å². The molecule has 2 aromatic rings. The van der Waals surface area contributed by atoms with Crippen LogP contribution in [0.25, 0.3) is 0 Å². The Labute approximate surface area is 172 Å². The molecular weight excluding hydrogens is 372 g/mol. The van der Waals surface area contributed by atoms with Crippen molar-refractivity contribution in [2.75, 3.05) is 32.9 Å². The lowest BCUT2D eigenvalue weighted by atomic mass is 10.1. The number of benzene rings is 1. The number of aliphatic imine (C=N–C) groups is 1. The molecule has 0 saturated heterocycles. The van der Waals surface area contributed by atoms with Crippen LogP contribution in [0.3, 0.4) is 0 Å². The molecule has 0 amide bonds. The molecule has 0 unspecified atom stereocenters. The first kappa shape index (κ1) is 22.3. The van der Waals surface area contributed by atoms with E-state index < -0.39 is 0 Å². The van der Waals surface area contributed by atoms with Gasteiger partial charge in [-0.1, -0.05) is 24.3 Å². The molecule has 2 N–H and O–H groups in total. The number of nitrogens with zero attached hydrogens (tertiary/aromatic N) is 2. The lowest BCUT2D eigenvalue weighted by Gasteiger charge is -2.11. The van der Waals surface area contributed by atoms with Crippen molar-refractivity contribution in [2.24, 2.45) is 4.99 Å². The highest BCUT2D eigenvalue weighted by molar-refractivity contribution is 7.11. The first-order valence-electron chi connectivity index (χ1n) is 9.88. The standard InChI is InChI=1S/C21H32N4O2S/c1-4-22-21(23-10-9-20-24-14-17(3)28-20)25-15-18-7-6-8-19(13-18)16-27-12-11-26-5-2/h6-8,13-14H,4-5,9-12,15-16H2,1-3H3,(H2,22,23,25). The number of hydrogen-bond acceptors (Lipinski definition) is 5. The van der Waals surface area contributed by atoms with Crippen molar-refractivity contribution in [3.63, 3.8) is 0 Å². The van der Waals surface area contributed by atoms with Crippen LogP contribution in [-0.4, -0.2) is 43.9 Å². The van der Waals surface area contributed by atoms with Gasteiger partial charge >= 0.3 is 0 Å². The lowest BCUT2D eigenvalue weighted by molar-refractivity contribution is 0.0453. The molecule has 1 heterocycles. The Kier molecular flexibility index (Phi) is 10.6. The summed E-state index contributed by atoms with van der Waals surface area (Å²) in [7, 11) is 0. The average molecular weight is 405 g/mol. The molecule has 6 nitrogen and oxygen atoms in total. The van der Waals surface area contributed by atoms with Crippen LogP contribution in [0.5, 0.6) is 0 Å². The summed E-state index contributed by atoms with van der Waals surface area (Å²) in [6.45, 7) is 11.0. The number of nitrogens with one attached hydrogen (secondary N) is 2. The normalized spacial score (nSPS) is 11.6. The monoisotopic (exact) mass is 404 g/mol. The Morgan fingerprint density at radius 1 is 1.14 bits per heavy atom. The third-order valence-corrected chi connectivity index (χ3v) is 4.87. The smallest absolute Gasteiger partial charge is 0.191 e. The molecule has 0 bridgehead atoms. The molecule has 0 fully saturated rings. The van der Waals surface area contributed by atoms with Gasteiger partial charge in [0.25, 0.3) is 0 Å². The molecule has 7 heteroatoms. The molecule has 1 aromatic heterocycles. The van der Waals surface area contributed by atoms with E-state index in [9.17, 15) is 0 Å². The molecule has 0 aliphatic carbocycles. The van der Waals surface area contributed by atoms with Gasteiger partial charge in [0.2, 0.25) is 0 Å². The summed E-state index contributed by atoms with van der Waals surface area (Å²) in [6, 6.07) is 8.37. The Bertz CT molecular complexity index is 718. The number of hydrogen-bond donors (Lipinski definition) is 2. The van der Waals surface area contributed by atoms with Crippen LogP contribution in [0, 0.1) is 6.92 Å². The largest absolute Gasteiger partial charge is 0.379 e. The summed E-state index contributed by atoms with van der Waals surface area (Å²) >= 11 is 1.74. The van der Waals surface area contributed by atoms with E-state index in [-0.39, 0.29) is 0 Å². The van der Waals surface area contributed by atoms with E-state index in [1.807, 2.05) is 13.1 Å². The van der Waals surface area contributed by atoms with Crippen molar-refractivity contribution in [2.45, 2.75) is 40.3 Å². The molecule has 0 atom stereocenters. The van der Waals surface area contributed by atoms with Gasteiger partial charge in [0, 0.05) is 37.2 Å². The van der Waals surface area contributed by atoms with E-state index in [0.29, 0.717) is 26.4 Å². The van der Waals surface area contributed by atoms with E-state index in [1.54, 1.807) is 11.3 Å². The fourth-order valence-electron chi connectivity index (χ4n) is 2.59. The predicted molar refractivity (Wildman–Crippen MR) is 116 cm³/mol. The number of guanidine groups is 1. The van der Waals surface area contributed by atoms with Crippen molar-refractivity contribution in [1.82, 2.24) is 15.6 Å². The Morgan fingerprint density at radius 2 is 1.96 bits per heavy atom.